The van der Waals surface area contributed by atoms with Gasteiger partial charge < -0.3 is 23.8 Å². The molecule has 0 aliphatic heterocycles. The van der Waals surface area contributed by atoms with Gasteiger partial charge in [0, 0.05) is 33.4 Å². The second-order valence-electron chi connectivity index (χ2n) is 4.99. The van der Waals surface area contributed by atoms with Gasteiger partial charge in [0.25, 0.3) is 5.91 Å². The van der Waals surface area contributed by atoms with Gasteiger partial charge in [-0.2, -0.15) is 5.26 Å². The van der Waals surface area contributed by atoms with Crippen molar-refractivity contribution in [1.29, 1.82) is 5.26 Å². The van der Waals surface area contributed by atoms with E-state index in [1.54, 1.807) is 31.3 Å². The largest absolute Gasteiger partial charge is 0.490 e. The van der Waals surface area contributed by atoms with Crippen molar-refractivity contribution in [3.8, 4) is 17.6 Å². The van der Waals surface area contributed by atoms with Gasteiger partial charge in [0.05, 0.1) is 35.9 Å². The Kier molecular flexibility index (Phi) is 9.92. The molecular formula is C17H23BrN2O5. The van der Waals surface area contributed by atoms with Gasteiger partial charge in [-0.1, -0.05) is 0 Å². The van der Waals surface area contributed by atoms with Crippen LogP contribution in [0, 0.1) is 11.3 Å². The number of carbonyl (C=O) groups excluding carboxylic acids is 1. The number of rotatable bonds is 11. The van der Waals surface area contributed by atoms with E-state index in [-0.39, 0.29) is 12.5 Å². The quantitative estimate of drug-likeness (QED) is 0.552. The Morgan fingerprint density at radius 1 is 1.20 bits per heavy atom. The first kappa shape index (κ1) is 21.2. The third kappa shape index (κ3) is 6.90. The van der Waals surface area contributed by atoms with E-state index in [4.69, 9.17) is 24.2 Å². The van der Waals surface area contributed by atoms with Crippen molar-refractivity contribution >= 4 is 21.8 Å². The van der Waals surface area contributed by atoms with Crippen molar-refractivity contribution in [2.75, 3.05) is 53.7 Å². The zero-order valence-corrected chi connectivity index (χ0v) is 16.3. The van der Waals surface area contributed by atoms with Crippen LogP contribution in [0.3, 0.4) is 0 Å². The molecule has 0 aromatic heterocycles. The normalized spacial score (nSPS) is 10.2. The molecule has 0 bridgehead atoms. The first-order chi connectivity index (χ1) is 12.1. The maximum atomic E-state index is 12.4. The van der Waals surface area contributed by atoms with Crippen LogP contribution >= 0.6 is 15.9 Å². The van der Waals surface area contributed by atoms with Crippen molar-refractivity contribution in [3.63, 3.8) is 0 Å². The monoisotopic (exact) mass is 414 g/mol. The van der Waals surface area contributed by atoms with E-state index >= 15 is 0 Å². The fourth-order valence-electron chi connectivity index (χ4n) is 2.02. The molecule has 0 unspecified atom stereocenters. The molecule has 0 atom stereocenters. The summed E-state index contributed by atoms with van der Waals surface area (Å²) < 4.78 is 21.8. The van der Waals surface area contributed by atoms with Crippen molar-refractivity contribution in [2.24, 2.45) is 0 Å². The Morgan fingerprint density at radius 2 is 1.84 bits per heavy atom. The predicted molar refractivity (Wildman–Crippen MR) is 95.9 cm³/mol. The van der Waals surface area contributed by atoms with E-state index in [0.29, 0.717) is 54.4 Å². The number of carbonyl (C=O) groups is 1. The molecule has 0 spiro atoms. The van der Waals surface area contributed by atoms with Gasteiger partial charge in [-0.3, -0.25) is 4.79 Å². The van der Waals surface area contributed by atoms with Crippen LogP contribution in [0.15, 0.2) is 16.6 Å². The van der Waals surface area contributed by atoms with E-state index in [9.17, 15) is 4.79 Å². The van der Waals surface area contributed by atoms with Gasteiger partial charge in [-0.05, 0) is 28.9 Å². The first-order valence-electron chi connectivity index (χ1n) is 7.82. The maximum Gasteiger partial charge on any atom is 0.260 e. The Hall–Kier alpha value is -1.82. The van der Waals surface area contributed by atoms with Crippen molar-refractivity contribution < 1.29 is 23.7 Å². The fraction of sp³-hybridized carbons (Fsp3) is 0.529. The van der Waals surface area contributed by atoms with Crippen molar-refractivity contribution in [2.45, 2.75) is 6.92 Å². The summed E-state index contributed by atoms with van der Waals surface area (Å²) in [4.78, 5) is 14.0. The third-order valence-corrected chi connectivity index (χ3v) is 3.85. The summed E-state index contributed by atoms with van der Waals surface area (Å²) in [6.07, 6.45) is 0. The minimum Gasteiger partial charge on any atom is -0.490 e. The van der Waals surface area contributed by atoms with E-state index in [2.05, 4.69) is 22.0 Å². The Bertz CT molecular complexity index is 595. The highest BCUT2D eigenvalue weighted by Crippen LogP contribution is 2.36. The van der Waals surface area contributed by atoms with E-state index in [1.807, 2.05) is 6.92 Å². The molecule has 138 valence electrons. The van der Waals surface area contributed by atoms with Crippen LogP contribution in [-0.4, -0.2) is 64.5 Å². The highest BCUT2D eigenvalue weighted by Gasteiger charge is 2.17. The van der Waals surface area contributed by atoms with Crippen molar-refractivity contribution in [3.05, 3.63) is 22.2 Å². The molecule has 0 aliphatic rings. The predicted octanol–water partition coefficient (Wildman–Crippen LogP) is 2.22. The molecule has 0 saturated carbocycles. The summed E-state index contributed by atoms with van der Waals surface area (Å²) in [7, 11) is 3.16. The van der Waals surface area contributed by atoms with Gasteiger partial charge in [-0.15, -0.1) is 0 Å². The zero-order chi connectivity index (χ0) is 18.7. The summed E-state index contributed by atoms with van der Waals surface area (Å²) >= 11 is 3.36. The molecular weight excluding hydrogens is 392 g/mol. The summed E-state index contributed by atoms with van der Waals surface area (Å²) in [5.41, 5.74) is 0.441. The Balaban J connectivity index is 2.83. The van der Waals surface area contributed by atoms with E-state index in [1.165, 1.54) is 0 Å². The fourth-order valence-corrected chi connectivity index (χ4v) is 2.58. The number of nitrogens with zero attached hydrogens (tertiary/aromatic N) is 2. The Labute approximate surface area is 156 Å². The van der Waals surface area contributed by atoms with Crippen molar-refractivity contribution in [1.82, 2.24) is 4.90 Å². The SMILES string of the molecule is CCOc1cc(C#N)cc(Br)c1OCC(=O)N(CCOC)CCOC. The summed E-state index contributed by atoms with van der Waals surface area (Å²) in [5, 5.41) is 9.05. The Morgan fingerprint density at radius 3 is 2.36 bits per heavy atom. The minimum atomic E-state index is -0.187. The number of methoxy groups -OCH3 is 2. The van der Waals surface area contributed by atoms with Crippen LogP contribution in [0.2, 0.25) is 0 Å². The molecule has 1 aromatic rings. The standard InChI is InChI=1S/C17H23BrN2O5/c1-4-24-15-10-13(11-19)9-14(18)17(15)25-12-16(21)20(5-7-22-2)6-8-23-3/h9-10H,4-8,12H2,1-3H3. The maximum absolute atomic E-state index is 12.4. The molecule has 1 amide bonds. The second kappa shape index (κ2) is 11.7. The number of hydrogen-bond donors (Lipinski definition) is 0. The zero-order valence-electron chi connectivity index (χ0n) is 14.7. The van der Waals surface area contributed by atoms with Gasteiger partial charge >= 0.3 is 0 Å². The number of hydrogen-bond acceptors (Lipinski definition) is 6. The first-order valence-corrected chi connectivity index (χ1v) is 8.61. The molecule has 1 rings (SSSR count). The van der Waals surface area contributed by atoms with Gasteiger partial charge in [0.1, 0.15) is 0 Å². The summed E-state index contributed by atoms with van der Waals surface area (Å²) in [6, 6.07) is 5.26. The van der Waals surface area contributed by atoms with E-state index in [0.717, 1.165) is 0 Å². The number of nitriles is 1. The molecule has 25 heavy (non-hydrogen) atoms. The summed E-state index contributed by atoms with van der Waals surface area (Å²) in [6.45, 7) is 3.86. The second-order valence-corrected chi connectivity index (χ2v) is 5.84. The molecule has 0 fully saturated rings. The molecule has 8 heteroatoms. The number of benzene rings is 1. The average Bonchev–Trinajstić information content (AvgIpc) is 2.60. The number of halogens is 1. The van der Waals surface area contributed by atoms with Crippen LogP contribution in [0.4, 0.5) is 0 Å². The molecule has 0 N–H and O–H groups in total. The topological polar surface area (TPSA) is 81.0 Å². The molecule has 7 nitrogen and oxygen atoms in total. The molecule has 0 radical (unpaired) electrons. The van der Waals surface area contributed by atoms with Gasteiger partial charge in [0.2, 0.25) is 0 Å². The molecule has 0 heterocycles. The lowest BCUT2D eigenvalue weighted by atomic mass is 10.2. The van der Waals surface area contributed by atoms with E-state index < -0.39 is 0 Å². The lowest BCUT2D eigenvalue weighted by molar-refractivity contribution is -0.134. The lowest BCUT2D eigenvalue weighted by Crippen LogP contribution is -2.39. The van der Waals surface area contributed by atoms with Crippen LogP contribution in [0.25, 0.3) is 0 Å². The van der Waals surface area contributed by atoms with Gasteiger partial charge in [-0.25, -0.2) is 0 Å². The molecule has 1 aromatic carbocycles. The minimum absolute atomic E-state index is 0.155. The van der Waals surface area contributed by atoms with Crippen LogP contribution in [-0.2, 0) is 14.3 Å². The highest BCUT2D eigenvalue weighted by molar-refractivity contribution is 9.10. The van der Waals surface area contributed by atoms with Gasteiger partial charge in [0.15, 0.2) is 18.1 Å². The average molecular weight is 415 g/mol. The highest BCUT2D eigenvalue weighted by atomic mass is 79.9. The number of amides is 1. The lowest BCUT2D eigenvalue weighted by Gasteiger charge is -2.22. The van der Waals surface area contributed by atoms with Crippen LogP contribution < -0.4 is 9.47 Å². The summed E-state index contributed by atoms with van der Waals surface area (Å²) in [5.74, 6) is 0.627. The third-order valence-electron chi connectivity index (χ3n) is 3.26. The number of ether oxygens (including phenoxy) is 4. The molecule has 0 aliphatic carbocycles. The van der Waals surface area contributed by atoms with Crippen LogP contribution in [0.1, 0.15) is 12.5 Å². The van der Waals surface area contributed by atoms with Crippen LogP contribution in [0.5, 0.6) is 11.5 Å². The molecule has 0 saturated heterocycles. The smallest absolute Gasteiger partial charge is 0.260 e.